The van der Waals surface area contributed by atoms with Gasteiger partial charge in [-0.2, -0.15) is 0 Å². The summed E-state index contributed by atoms with van der Waals surface area (Å²) < 4.78 is 41.3. The quantitative estimate of drug-likeness (QED) is 0.440. The summed E-state index contributed by atoms with van der Waals surface area (Å²) in [6.45, 7) is 1.78. The van der Waals surface area contributed by atoms with Gasteiger partial charge in [-0.3, -0.25) is 34.1 Å². The molecule has 1 fully saturated rings. The minimum absolute atomic E-state index is 0.198. The molecule has 2 amide bonds. The first-order chi connectivity index (χ1) is 17.7. The summed E-state index contributed by atoms with van der Waals surface area (Å²) in [5.74, 6) is -4.42. The number of hydrogen-bond donors (Lipinski definition) is 3. The number of fused-ring (bicyclic) bond motifs is 3. The molecule has 3 aliphatic rings. The lowest BCUT2D eigenvalue weighted by Gasteiger charge is -2.43. The van der Waals surface area contributed by atoms with E-state index in [2.05, 4.69) is 20.5 Å². The van der Waals surface area contributed by atoms with Crippen LogP contribution in [0.1, 0.15) is 56.9 Å². The lowest BCUT2D eigenvalue weighted by atomic mass is 9.82. The molecule has 37 heavy (non-hydrogen) atoms. The number of carbonyl (C=O) groups excluding carboxylic acids is 2. The second-order valence-electron chi connectivity index (χ2n) is 10.1. The van der Waals surface area contributed by atoms with Crippen LogP contribution in [-0.4, -0.2) is 89.2 Å². The Bertz CT molecular complexity index is 1190. The summed E-state index contributed by atoms with van der Waals surface area (Å²) in [6.07, 6.45) is 2.56. The van der Waals surface area contributed by atoms with Crippen molar-refractivity contribution in [3.63, 3.8) is 0 Å². The Morgan fingerprint density at radius 3 is 2.65 bits per heavy atom. The molecule has 0 radical (unpaired) electrons. The van der Waals surface area contributed by atoms with Crippen molar-refractivity contribution >= 4 is 17.5 Å². The zero-order chi connectivity index (χ0) is 26.3. The molecule has 198 valence electrons. The number of aromatic nitrogens is 1. The van der Waals surface area contributed by atoms with Gasteiger partial charge in [0.15, 0.2) is 0 Å². The first-order valence-electron chi connectivity index (χ1n) is 12.5. The monoisotopic (exact) mass is 517 g/mol. The first kappa shape index (κ1) is 25.6. The average molecular weight is 518 g/mol. The van der Waals surface area contributed by atoms with Gasteiger partial charge in [-0.1, -0.05) is 6.07 Å². The van der Waals surface area contributed by atoms with E-state index in [9.17, 15) is 27.9 Å². The molecule has 0 bridgehead atoms. The van der Waals surface area contributed by atoms with Crippen LogP contribution >= 0.6 is 0 Å². The molecular formula is C26H30F3N5O3. The highest BCUT2D eigenvalue weighted by Crippen LogP contribution is 2.42. The molecule has 2 atom stereocenters. The van der Waals surface area contributed by atoms with Gasteiger partial charge >= 0.3 is 0 Å². The summed E-state index contributed by atoms with van der Waals surface area (Å²) in [5, 5.41) is 15.0. The van der Waals surface area contributed by atoms with E-state index in [0.717, 1.165) is 30.9 Å². The fourth-order valence-corrected chi connectivity index (χ4v) is 5.57. The normalized spacial score (nSPS) is 22.4. The molecule has 8 nitrogen and oxygen atoms in total. The standard InChI is InChI=1S/C26H30F3N5O3/c1-15-9-16-3-5-19-22(25(37)32-24(19)36)21(16)23(34(15)13-26(28,29)14-35)20-6-4-17(10-30-20)31-18-11-33(12-18)8-2-7-27/h3-6,10,15,18,23,31,35H,2,7-9,11-14H2,1H3,(H,32,36,37)/t15-,23-/m1/s1. The largest absolute Gasteiger partial charge is 0.390 e. The predicted octanol–water partition coefficient (Wildman–Crippen LogP) is 2.38. The van der Waals surface area contributed by atoms with Gasteiger partial charge in [0.2, 0.25) is 0 Å². The van der Waals surface area contributed by atoms with Gasteiger partial charge in [0.05, 0.1) is 54.0 Å². The summed E-state index contributed by atoms with van der Waals surface area (Å²) in [6, 6.07) is 6.01. The van der Waals surface area contributed by atoms with E-state index >= 15 is 0 Å². The fourth-order valence-electron chi connectivity index (χ4n) is 5.57. The minimum Gasteiger partial charge on any atom is -0.390 e. The van der Waals surface area contributed by atoms with Crippen molar-refractivity contribution in [2.45, 2.75) is 43.8 Å². The third kappa shape index (κ3) is 4.95. The smallest absolute Gasteiger partial charge is 0.283 e. The molecule has 5 rings (SSSR count). The zero-order valence-corrected chi connectivity index (χ0v) is 20.5. The Balaban J connectivity index is 1.47. The molecule has 0 saturated carbocycles. The van der Waals surface area contributed by atoms with E-state index < -0.39 is 36.9 Å². The second-order valence-corrected chi connectivity index (χ2v) is 10.1. The average Bonchev–Trinajstić information content (AvgIpc) is 3.14. The van der Waals surface area contributed by atoms with Crippen LogP contribution in [-0.2, 0) is 6.42 Å². The molecule has 11 heteroatoms. The number of anilines is 1. The number of aliphatic hydroxyl groups is 1. The number of alkyl halides is 3. The van der Waals surface area contributed by atoms with Gasteiger partial charge in [-0.25, -0.2) is 8.78 Å². The Morgan fingerprint density at radius 2 is 1.97 bits per heavy atom. The number of likely N-dealkylation sites (tertiary alicyclic amines) is 1. The summed E-state index contributed by atoms with van der Waals surface area (Å²) in [7, 11) is 0. The van der Waals surface area contributed by atoms with Crippen molar-refractivity contribution < 1.29 is 27.9 Å². The van der Waals surface area contributed by atoms with Crippen LogP contribution in [0.25, 0.3) is 0 Å². The van der Waals surface area contributed by atoms with Gasteiger partial charge in [-0.15, -0.1) is 0 Å². The van der Waals surface area contributed by atoms with Crippen LogP contribution < -0.4 is 10.6 Å². The maximum atomic E-state index is 14.5. The molecule has 3 aliphatic heterocycles. The van der Waals surface area contributed by atoms with Gasteiger partial charge in [0.1, 0.15) is 6.61 Å². The number of benzene rings is 1. The number of halogens is 3. The number of nitrogens with zero attached hydrogens (tertiary/aromatic N) is 3. The van der Waals surface area contributed by atoms with Crippen molar-refractivity contribution in [3.05, 3.63) is 58.4 Å². The number of amides is 2. The van der Waals surface area contributed by atoms with E-state index in [-0.39, 0.29) is 29.9 Å². The second kappa shape index (κ2) is 10.0. The molecule has 1 saturated heterocycles. The number of rotatable bonds is 9. The van der Waals surface area contributed by atoms with E-state index in [4.69, 9.17) is 0 Å². The molecule has 0 aliphatic carbocycles. The van der Waals surface area contributed by atoms with Crippen LogP contribution in [0.5, 0.6) is 0 Å². The highest BCUT2D eigenvalue weighted by molar-refractivity contribution is 6.22. The number of aliphatic hydroxyl groups excluding tert-OH is 1. The van der Waals surface area contributed by atoms with E-state index in [0.29, 0.717) is 24.1 Å². The highest BCUT2D eigenvalue weighted by atomic mass is 19.3. The maximum absolute atomic E-state index is 14.5. The Morgan fingerprint density at radius 1 is 1.19 bits per heavy atom. The molecule has 0 unspecified atom stereocenters. The third-order valence-corrected chi connectivity index (χ3v) is 7.37. The van der Waals surface area contributed by atoms with Crippen LogP contribution in [0.2, 0.25) is 0 Å². The molecule has 1 aromatic carbocycles. The Labute approximate surface area is 212 Å². The molecule has 0 spiro atoms. The van der Waals surface area contributed by atoms with E-state index in [1.54, 1.807) is 29.3 Å². The van der Waals surface area contributed by atoms with Crippen molar-refractivity contribution in [1.29, 1.82) is 0 Å². The number of imide groups is 1. The topological polar surface area (TPSA) is 97.8 Å². The highest BCUT2D eigenvalue weighted by Gasteiger charge is 2.44. The fraction of sp³-hybridized carbons (Fsp3) is 0.500. The van der Waals surface area contributed by atoms with Gasteiger partial charge < -0.3 is 10.4 Å². The molecular weight excluding hydrogens is 487 g/mol. The van der Waals surface area contributed by atoms with E-state index in [1.807, 2.05) is 13.0 Å². The lowest BCUT2D eigenvalue weighted by molar-refractivity contribution is -0.0865. The van der Waals surface area contributed by atoms with E-state index in [1.165, 1.54) is 0 Å². The third-order valence-electron chi connectivity index (χ3n) is 7.37. The number of pyridine rings is 1. The minimum atomic E-state index is -3.36. The van der Waals surface area contributed by atoms with Gasteiger partial charge in [0.25, 0.3) is 17.7 Å². The van der Waals surface area contributed by atoms with Crippen molar-refractivity contribution in [1.82, 2.24) is 20.1 Å². The first-order valence-corrected chi connectivity index (χ1v) is 12.5. The van der Waals surface area contributed by atoms with Crippen molar-refractivity contribution in [2.75, 3.05) is 44.8 Å². The lowest BCUT2D eigenvalue weighted by Crippen LogP contribution is -2.54. The molecule has 1 aromatic heterocycles. The number of nitrogens with one attached hydrogen (secondary N) is 2. The van der Waals surface area contributed by atoms with Crippen molar-refractivity contribution in [3.8, 4) is 0 Å². The Hall–Kier alpha value is -3.02. The zero-order valence-electron chi connectivity index (χ0n) is 20.5. The van der Waals surface area contributed by atoms with Gasteiger partial charge in [-0.05, 0) is 49.1 Å². The number of carbonyl (C=O) groups is 2. The molecule has 4 heterocycles. The van der Waals surface area contributed by atoms with Crippen LogP contribution in [0, 0.1) is 0 Å². The van der Waals surface area contributed by atoms with Crippen LogP contribution in [0.15, 0.2) is 30.5 Å². The maximum Gasteiger partial charge on any atom is 0.283 e. The Kier molecular flexibility index (Phi) is 6.95. The number of hydrogen-bond acceptors (Lipinski definition) is 7. The predicted molar refractivity (Wildman–Crippen MR) is 131 cm³/mol. The summed E-state index contributed by atoms with van der Waals surface area (Å²) in [5.41, 5.74) is 2.95. The summed E-state index contributed by atoms with van der Waals surface area (Å²) in [4.78, 5) is 33.4. The van der Waals surface area contributed by atoms with Gasteiger partial charge in [0, 0.05) is 25.7 Å². The summed E-state index contributed by atoms with van der Waals surface area (Å²) >= 11 is 0. The van der Waals surface area contributed by atoms with Crippen molar-refractivity contribution in [2.24, 2.45) is 0 Å². The molecule has 3 N–H and O–H groups in total. The van der Waals surface area contributed by atoms with Crippen LogP contribution in [0.3, 0.4) is 0 Å². The SMILES string of the molecule is C[C@@H]1Cc2ccc3c(c2[C@@H](c2ccc(NC4CN(CCCF)C4)cn2)N1CC(F)(F)CO)C(=O)NC3=O. The molecule has 2 aromatic rings. The van der Waals surface area contributed by atoms with Crippen LogP contribution in [0.4, 0.5) is 18.9 Å².